The highest BCUT2D eigenvalue weighted by Gasteiger charge is 2.27. The van der Waals surface area contributed by atoms with Crippen molar-refractivity contribution >= 4 is 39.6 Å². The summed E-state index contributed by atoms with van der Waals surface area (Å²) in [5, 5.41) is 6.17. The van der Waals surface area contributed by atoms with Gasteiger partial charge >= 0.3 is 5.97 Å². The van der Waals surface area contributed by atoms with Gasteiger partial charge in [-0.3, -0.25) is 9.59 Å². The number of fused-ring (bicyclic) bond motifs is 4. The molecular weight excluding hydrogens is 443 g/mol. The summed E-state index contributed by atoms with van der Waals surface area (Å²) in [6.07, 6.45) is 5.38. The fourth-order valence-electron chi connectivity index (χ4n) is 4.99. The Bertz CT molecular complexity index is 1450. The predicted octanol–water partition coefficient (Wildman–Crippen LogP) is 5.18. The quantitative estimate of drug-likeness (QED) is 0.312. The van der Waals surface area contributed by atoms with Crippen LogP contribution in [-0.4, -0.2) is 29.1 Å². The van der Waals surface area contributed by atoms with Gasteiger partial charge in [0.1, 0.15) is 12.4 Å². The van der Waals surface area contributed by atoms with Crippen molar-refractivity contribution in [3.63, 3.8) is 0 Å². The minimum Gasteiger partial charge on any atom is -0.465 e. The van der Waals surface area contributed by atoms with Crippen molar-refractivity contribution in [1.29, 1.82) is 0 Å². The van der Waals surface area contributed by atoms with Crippen LogP contribution in [0.4, 0.5) is 4.39 Å². The van der Waals surface area contributed by atoms with Gasteiger partial charge in [-0.05, 0) is 78.4 Å². The van der Waals surface area contributed by atoms with E-state index in [-0.39, 0.29) is 30.3 Å². The maximum atomic E-state index is 14.1. The Labute approximate surface area is 203 Å². The predicted molar refractivity (Wildman–Crippen MR) is 135 cm³/mol. The summed E-state index contributed by atoms with van der Waals surface area (Å²) >= 11 is 0. The molecule has 1 atom stereocenters. The van der Waals surface area contributed by atoms with Crippen LogP contribution >= 0.6 is 0 Å². The average molecular weight is 471 g/mol. The molecule has 1 aliphatic carbocycles. The van der Waals surface area contributed by atoms with E-state index >= 15 is 0 Å². The Morgan fingerprint density at radius 2 is 1.94 bits per heavy atom. The first-order valence-corrected chi connectivity index (χ1v) is 11.9. The standard InChI is InChI=1S/C29H27FN2O3/c1-2-35-29(34)18-32-26-12-10-22(30)16-24(26)25-17-23(11-13-27(25)32)31-28(33)14-8-19-7-9-20-5-3-4-6-21(20)15-19/h3-10,12,14-16,23H,2,11,13,17-18H2,1H3,(H,31,33)/t23-/m0/s1. The van der Waals surface area contributed by atoms with Crippen LogP contribution in [0.2, 0.25) is 0 Å². The van der Waals surface area contributed by atoms with E-state index in [0.29, 0.717) is 19.4 Å². The van der Waals surface area contributed by atoms with E-state index in [2.05, 4.69) is 17.4 Å². The van der Waals surface area contributed by atoms with Gasteiger partial charge in [0, 0.05) is 28.7 Å². The zero-order valence-electron chi connectivity index (χ0n) is 19.6. The summed E-state index contributed by atoms with van der Waals surface area (Å²) < 4.78 is 21.2. The Balaban J connectivity index is 1.33. The highest BCUT2D eigenvalue weighted by molar-refractivity contribution is 5.93. The molecule has 0 unspecified atom stereocenters. The van der Waals surface area contributed by atoms with Gasteiger partial charge in [0.15, 0.2) is 0 Å². The van der Waals surface area contributed by atoms with E-state index < -0.39 is 0 Å². The number of carbonyl (C=O) groups is 2. The lowest BCUT2D eigenvalue weighted by atomic mass is 9.91. The number of carbonyl (C=O) groups excluding carboxylic acids is 2. The van der Waals surface area contributed by atoms with Crippen LogP contribution in [-0.2, 0) is 33.7 Å². The summed E-state index contributed by atoms with van der Waals surface area (Å²) in [6, 6.07) is 18.8. The van der Waals surface area contributed by atoms with Gasteiger partial charge in [-0.15, -0.1) is 0 Å². The van der Waals surface area contributed by atoms with Crippen LogP contribution in [0.1, 0.15) is 30.2 Å². The minimum atomic E-state index is -0.321. The molecule has 4 aromatic rings. The first-order chi connectivity index (χ1) is 17.0. The van der Waals surface area contributed by atoms with Gasteiger partial charge in [-0.25, -0.2) is 4.39 Å². The molecule has 1 heterocycles. The molecule has 0 saturated carbocycles. The molecule has 0 bridgehead atoms. The topological polar surface area (TPSA) is 60.3 Å². The molecule has 3 aromatic carbocycles. The number of halogens is 1. The number of nitrogens with zero attached hydrogens (tertiary/aromatic N) is 1. The van der Waals surface area contributed by atoms with Crippen LogP contribution in [0.15, 0.2) is 66.7 Å². The fraction of sp³-hybridized carbons (Fsp3) is 0.241. The lowest BCUT2D eigenvalue weighted by Crippen LogP contribution is -2.38. The molecule has 6 heteroatoms. The molecule has 1 amide bonds. The van der Waals surface area contributed by atoms with Crippen LogP contribution in [0.25, 0.3) is 27.8 Å². The van der Waals surface area contributed by atoms with E-state index in [0.717, 1.165) is 44.9 Å². The Morgan fingerprint density at radius 3 is 2.77 bits per heavy atom. The van der Waals surface area contributed by atoms with E-state index in [1.54, 1.807) is 19.1 Å². The second-order valence-electron chi connectivity index (χ2n) is 8.87. The second-order valence-corrected chi connectivity index (χ2v) is 8.87. The van der Waals surface area contributed by atoms with Gasteiger partial charge in [0.25, 0.3) is 0 Å². The smallest absolute Gasteiger partial charge is 0.325 e. The molecule has 1 aliphatic rings. The van der Waals surface area contributed by atoms with Crippen molar-refractivity contribution in [2.45, 2.75) is 38.8 Å². The Kier molecular flexibility index (Phi) is 6.36. The first kappa shape index (κ1) is 22.8. The molecule has 0 radical (unpaired) electrons. The zero-order valence-corrected chi connectivity index (χ0v) is 19.6. The number of aromatic nitrogens is 1. The van der Waals surface area contributed by atoms with Crippen molar-refractivity contribution in [3.8, 4) is 0 Å². The molecule has 5 rings (SSSR count). The highest BCUT2D eigenvalue weighted by atomic mass is 19.1. The molecule has 5 nitrogen and oxygen atoms in total. The maximum absolute atomic E-state index is 14.1. The van der Waals surface area contributed by atoms with Gasteiger partial charge in [0.05, 0.1) is 6.61 Å². The molecule has 178 valence electrons. The molecule has 35 heavy (non-hydrogen) atoms. The molecule has 1 N–H and O–H groups in total. The lowest BCUT2D eigenvalue weighted by molar-refractivity contribution is -0.143. The maximum Gasteiger partial charge on any atom is 0.325 e. The van der Waals surface area contributed by atoms with Crippen molar-refractivity contribution < 1.29 is 18.7 Å². The van der Waals surface area contributed by atoms with E-state index in [1.807, 2.05) is 41.0 Å². The van der Waals surface area contributed by atoms with Crippen molar-refractivity contribution in [1.82, 2.24) is 9.88 Å². The third-order valence-electron chi connectivity index (χ3n) is 6.57. The molecular formula is C29H27FN2O3. The van der Waals surface area contributed by atoms with Crippen molar-refractivity contribution in [2.75, 3.05) is 6.61 Å². The van der Waals surface area contributed by atoms with Crippen LogP contribution in [0, 0.1) is 5.82 Å². The number of hydrogen-bond donors (Lipinski definition) is 1. The summed E-state index contributed by atoms with van der Waals surface area (Å²) in [5.41, 5.74) is 3.77. The number of benzene rings is 3. The van der Waals surface area contributed by atoms with Crippen LogP contribution < -0.4 is 5.32 Å². The Morgan fingerprint density at radius 1 is 1.11 bits per heavy atom. The second kappa shape index (κ2) is 9.74. The summed E-state index contributed by atoms with van der Waals surface area (Å²) in [7, 11) is 0. The van der Waals surface area contributed by atoms with Crippen molar-refractivity contribution in [2.24, 2.45) is 0 Å². The van der Waals surface area contributed by atoms with Crippen LogP contribution in [0.5, 0.6) is 0 Å². The third-order valence-corrected chi connectivity index (χ3v) is 6.57. The molecule has 0 spiro atoms. The van der Waals surface area contributed by atoms with Crippen molar-refractivity contribution in [3.05, 3.63) is 89.4 Å². The Hall–Kier alpha value is -3.93. The van der Waals surface area contributed by atoms with Gasteiger partial charge in [0.2, 0.25) is 5.91 Å². The SMILES string of the molecule is CCOC(=O)Cn1c2c(c3cc(F)ccc31)C[C@@H](NC(=O)C=Cc1ccc3ccccc3c1)CC2. The van der Waals surface area contributed by atoms with Crippen LogP contribution in [0.3, 0.4) is 0 Å². The summed E-state index contributed by atoms with van der Waals surface area (Å²) in [6.45, 7) is 2.19. The lowest BCUT2D eigenvalue weighted by Gasteiger charge is -2.24. The monoisotopic (exact) mass is 470 g/mol. The molecule has 0 aliphatic heterocycles. The van der Waals surface area contributed by atoms with Gasteiger partial charge in [-0.2, -0.15) is 0 Å². The number of hydrogen-bond acceptors (Lipinski definition) is 3. The summed E-state index contributed by atoms with van der Waals surface area (Å²) in [4.78, 5) is 24.9. The largest absolute Gasteiger partial charge is 0.465 e. The number of amides is 1. The average Bonchev–Trinajstić information content (AvgIpc) is 3.14. The number of nitrogens with one attached hydrogen (secondary N) is 1. The first-order valence-electron chi connectivity index (χ1n) is 11.9. The van der Waals surface area contributed by atoms with E-state index in [4.69, 9.17) is 4.74 Å². The fourth-order valence-corrected chi connectivity index (χ4v) is 4.99. The third kappa shape index (κ3) is 4.83. The number of esters is 1. The van der Waals surface area contributed by atoms with Gasteiger partial charge in [-0.1, -0.05) is 36.4 Å². The summed E-state index contributed by atoms with van der Waals surface area (Å²) in [5.74, 6) is -0.795. The highest BCUT2D eigenvalue weighted by Crippen LogP contribution is 2.33. The normalized spacial score (nSPS) is 15.4. The van der Waals surface area contributed by atoms with Gasteiger partial charge < -0.3 is 14.6 Å². The molecule has 0 saturated heterocycles. The zero-order chi connectivity index (χ0) is 24.4. The minimum absolute atomic E-state index is 0.0684. The van der Waals surface area contributed by atoms with E-state index in [9.17, 15) is 14.0 Å². The molecule has 1 aromatic heterocycles. The molecule has 0 fully saturated rings. The number of rotatable bonds is 6. The number of ether oxygens (including phenoxy) is 1. The van der Waals surface area contributed by atoms with E-state index in [1.165, 1.54) is 12.1 Å².